The van der Waals surface area contributed by atoms with E-state index in [-0.39, 0.29) is 19.1 Å². The first-order valence-corrected chi connectivity index (χ1v) is 5.87. The third kappa shape index (κ3) is 3.37. The molecule has 1 fully saturated rings. The van der Waals surface area contributed by atoms with Gasteiger partial charge in [-0.05, 0) is 6.42 Å². The Bertz CT molecular complexity index is 356. The van der Waals surface area contributed by atoms with E-state index in [4.69, 9.17) is 16.3 Å². The number of terminal acetylenes is 1. The van der Waals surface area contributed by atoms with Crippen LogP contribution in [-0.2, 0) is 9.53 Å². The fourth-order valence-electron chi connectivity index (χ4n) is 1.76. The molecule has 0 spiro atoms. The highest BCUT2D eigenvalue weighted by Crippen LogP contribution is 2.18. The summed E-state index contributed by atoms with van der Waals surface area (Å²) in [4.78, 5) is 22.9. The Morgan fingerprint density at radius 1 is 1.61 bits per heavy atom. The first-order valence-electron chi connectivity index (χ1n) is 5.87. The van der Waals surface area contributed by atoms with E-state index >= 15 is 0 Å². The highest BCUT2D eigenvalue weighted by molar-refractivity contribution is 5.86. The molecule has 1 rings (SSSR count). The third-order valence-electron chi connectivity index (χ3n) is 2.98. The van der Waals surface area contributed by atoms with Gasteiger partial charge < -0.3 is 20.5 Å². The van der Waals surface area contributed by atoms with Crippen molar-refractivity contribution in [2.45, 2.75) is 37.8 Å². The molecule has 0 saturated carbocycles. The smallest absolute Gasteiger partial charge is 0.332 e. The Kier molecular flexibility index (Phi) is 4.98. The summed E-state index contributed by atoms with van der Waals surface area (Å²) < 4.78 is 5.05. The molecule has 1 heterocycles. The van der Waals surface area contributed by atoms with Crippen LogP contribution in [0.1, 0.15) is 26.2 Å². The molecule has 2 atom stereocenters. The van der Waals surface area contributed by atoms with E-state index in [1.54, 1.807) is 0 Å². The molecule has 2 unspecified atom stereocenters. The van der Waals surface area contributed by atoms with Crippen LogP contribution < -0.4 is 10.6 Å². The Morgan fingerprint density at radius 2 is 2.33 bits per heavy atom. The fraction of sp³-hybridized carbons (Fsp3) is 0.667. The van der Waals surface area contributed by atoms with Gasteiger partial charge in [0.25, 0.3) is 0 Å². The average molecular weight is 254 g/mol. The van der Waals surface area contributed by atoms with Crippen molar-refractivity contribution >= 4 is 12.0 Å². The van der Waals surface area contributed by atoms with E-state index in [1.165, 1.54) is 0 Å². The van der Waals surface area contributed by atoms with Gasteiger partial charge in [-0.2, -0.15) is 0 Å². The monoisotopic (exact) mass is 254 g/mol. The summed E-state index contributed by atoms with van der Waals surface area (Å²) in [5.74, 6) is 1.38. The van der Waals surface area contributed by atoms with Crippen molar-refractivity contribution in [1.29, 1.82) is 0 Å². The highest BCUT2D eigenvalue weighted by atomic mass is 16.5. The summed E-state index contributed by atoms with van der Waals surface area (Å²) in [6.45, 7) is 2.21. The molecule has 0 aromatic carbocycles. The Morgan fingerprint density at radius 3 is 2.78 bits per heavy atom. The van der Waals surface area contributed by atoms with Crippen molar-refractivity contribution in [3.63, 3.8) is 0 Å². The van der Waals surface area contributed by atoms with Crippen LogP contribution in [0.15, 0.2) is 0 Å². The standard InChI is InChI=1S/C12H18N2O4/c1-3-5-9(4-2)13-11(17)14-12(10(15)16)6-7-18-8-12/h1,9H,4-8H2,2H3,(H,15,16)(H2,13,14,17). The zero-order chi connectivity index (χ0) is 13.6. The number of hydrogen-bond acceptors (Lipinski definition) is 3. The Labute approximate surface area is 106 Å². The molecule has 3 N–H and O–H groups in total. The summed E-state index contributed by atoms with van der Waals surface area (Å²) in [6, 6.07) is -0.673. The molecule has 18 heavy (non-hydrogen) atoms. The normalized spacial score (nSPS) is 24.0. The zero-order valence-corrected chi connectivity index (χ0v) is 10.4. The van der Waals surface area contributed by atoms with Gasteiger partial charge in [0, 0.05) is 25.5 Å². The molecular formula is C12H18N2O4. The van der Waals surface area contributed by atoms with Gasteiger partial charge in [-0.25, -0.2) is 9.59 Å². The first-order chi connectivity index (χ1) is 8.54. The van der Waals surface area contributed by atoms with Crippen LogP contribution >= 0.6 is 0 Å². The number of rotatable bonds is 5. The minimum Gasteiger partial charge on any atom is -0.479 e. The van der Waals surface area contributed by atoms with Crippen LogP contribution in [0.5, 0.6) is 0 Å². The van der Waals surface area contributed by atoms with E-state index in [0.717, 1.165) is 0 Å². The zero-order valence-electron chi connectivity index (χ0n) is 10.4. The van der Waals surface area contributed by atoms with Crippen LogP contribution in [0.3, 0.4) is 0 Å². The maximum Gasteiger partial charge on any atom is 0.332 e. The lowest BCUT2D eigenvalue weighted by atomic mass is 9.99. The number of ether oxygens (including phenoxy) is 1. The number of carbonyl (C=O) groups excluding carboxylic acids is 1. The van der Waals surface area contributed by atoms with Gasteiger partial charge in [0.1, 0.15) is 0 Å². The Hall–Kier alpha value is -1.74. The molecule has 0 aromatic heterocycles. The second kappa shape index (κ2) is 6.26. The number of nitrogens with one attached hydrogen (secondary N) is 2. The largest absolute Gasteiger partial charge is 0.479 e. The van der Waals surface area contributed by atoms with Gasteiger partial charge in [0.05, 0.1) is 6.61 Å². The van der Waals surface area contributed by atoms with E-state index in [1.807, 2.05) is 6.92 Å². The summed E-state index contributed by atoms with van der Waals surface area (Å²) in [7, 11) is 0. The molecule has 1 aliphatic rings. The molecule has 6 nitrogen and oxygen atoms in total. The van der Waals surface area contributed by atoms with Gasteiger partial charge in [0.2, 0.25) is 0 Å². The number of amides is 2. The molecule has 0 radical (unpaired) electrons. The minimum absolute atomic E-state index is 0.0122. The molecule has 1 saturated heterocycles. The molecule has 0 aromatic rings. The molecule has 2 amide bonds. The van der Waals surface area contributed by atoms with Crippen molar-refractivity contribution < 1.29 is 19.4 Å². The van der Waals surface area contributed by atoms with Crippen molar-refractivity contribution in [3.05, 3.63) is 0 Å². The maximum atomic E-state index is 11.7. The predicted molar refractivity (Wildman–Crippen MR) is 65.0 cm³/mol. The maximum absolute atomic E-state index is 11.7. The van der Waals surface area contributed by atoms with Crippen LogP contribution in [0.4, 0.5) is 4.79 Å². The second-order valence-electron chi connectivity index (χ2n) is 4.30. The summed E-state index contributed by atoms with van der Waals surface area (Å²) >= 11 is 0. The van der Waals surface area contributed by atoms with E-state index in [9.17, 15) is 9.59 Å². The lowest BCUT2D eigenvalue weighted by molar-refractivity contribution is -0.144. The lowest BCUT2D eigenvalue weighted by Crippen LogP contribution is -2.58. The second-order valence-corrected chi connectivity index (χ2v) is 4.30. The van der Waals surface area contributed by atoms with Crippen molar-refractivity contribution in [2.24, 2.45) is 0 Å². The van der Waals surface area contributed by atoms with Crippen molar-refractivity contribution in [3.8, 4) is 12.3 Å². The third-order valence-corrected chi connectivity index (χ3v) is 2.98. The van der Waals surface area contributed by atoms with Crippen LogP contribution in [0.2, 0.25) is 0 Å². The van der Waals surface area contributed by atoms with Crippen LogP contribution in [0, 0.1) is 12.3 Å². The van der Waals surface area contributed by atoms with Crippen LogP contribution in [0.25, 0.3) is 0 Å². The van der Waals surface area contributed by atoms with Crippen molar-refractivity contribution in [1.82, 2.24) is 10.6 Å². The summed E-state index contributed by atoms with van der Waals surface area (Å²) in [5.41, 5.74) is -1.32. The van der Waals surface area contributed by atoms with Gasteiger partial charge in [-0.15, -0.1) is 12.3 Å². The summed E-state index contributed by atoms with van der Waals surface area (Å²) in [6.07, 6.45) is 6.55. The fourth-order valence-corrected chi connectivity index (χ4v) is 1.76. The predicted octanol–water partition coefficient (Wildman–Crippen LogP) is 0.331. The minimum atomic E-state index is -1.32. The summed E-state index contributed by atoms with van der Waals surface area (Å²) in [5, 5.41) is 14.3. The van der Waals surface area contributed by atoms with Gasteiger partial charge in [-0.3, -0.25) is 0 Å². The SMILES string of the molecule is C#CCC(CC)NC(=O)NC1(C(=O)O)CCOC1. The van der Waals surface area contributed by atoms with E-state index < -0.39 is 17.5 Å². The molecule has 1 aliphatic heterocycles. The van der Waals surface area contributed by atoms with Gasteiger partial charge in [0.15, 0.2) is 5.54 Å². The highest BCUT2D eigenvalue weighted by Gasteiger charge is 2.44. The topological polar surface area (TPSA) is 87.7 Å². The number of carboxylic acids is 1. The number of hydrogen-bond donors (Lipinski definition) is 3. The number of urea groups is 1. The Balaban J connectivity index is 2.57. The van der Waals surface area contributed by atoms with Crippen molar-refractivity contribution in [2.75, 3.05) is 13.2 Å². The quantitative estimate of drug-likeness (QED) is 0.617. The van der Waals surface area contributed by atoms with E-state index in [2.05, 4.69) is 16.6 Å². The molecule has 0 aliphatic carbocycles. The van der Waals surface area contributed by atoms with Gasteiger partial charge in [-0.1, -0.05) is 6.92 Å². The van der Waals surface area contributed by atoms with Gasteiger partial charge >= 0.3 is 12.0 Å². The number of aliphatic carboxylic acids is 1. The van der Waals surface area contributed by atoms with Crippen LogP contribution in [-0.4, -0.2) is 41.9 Å². The molecular weight excluding hydrogens is 236 g/mol. The first kappa shape index (κ1) is 14.3. The molecule has 0 bridgehead atoms. The lowest BCUT2D eigenvalue weighted by Gasteiger charge is -2.25. The average Bonchev–Trinajstić information content (AvgIpc) is 2.78. The molecule has 100 valence electrons. The number of carbonyl (C=O) groups is 2. The molecule has 6 heteroatoms. The number of carboxylic acid groups (broad SMARTS) is 1. The van der Waals surface area contributed by atoms with E-state index in [0.29, 0.717) is 19.4 Å².